The van der Waals surface area contributed by atoms with Crippen LogP contribution in [0.25, 0.3) is 0 Å². The van der Waals surface area contributed by atoms with Crippen molar-refractivity contribution in [2.45, 2.75) is 44.3 Å². The smallest absolute Gasteiger partial charge is 0.399 e. The van der Waals surface area contributed by atoms with Crippen LogP contribution in [0, 0.1) is 0 Å². The minimum absolute atomic E-state index is 0.160. The zero-order valence-corrected chi connectivity index (χ0v) is 20.1. The van der Waals surface area contributed by atoms with Gasteiger partial charge in [-0.2, -0.15) is 52.7 Å². The number of hydrogen-bond acceptors (Lipinski definition) is 3. The SMILES string of the molecule is Nc1cc(S(=O)c2cc(C(F)(F)F)cc(C(F)(F)F)c2)cc(S(=O)c2cc(C(F)(F)F)cc(C(F)(F)F)c2)c1. The van der Waals surface area contributed by atoms with Crippen LogP contribution in [0.4, 0.5) is 58.4 Å². The number of nitrogen functional groups attached to an aromatic ring is 1. The summed E-state index contributed by atoms with van der Waals surface area (Å²) in [4.78, 5) is -3.24. The third kappa shape index (κ3) is 7.12. The zero-order valence-electron chi connectivity index (χ0n) is 18.4. The van der Waals surface area contributed by atoms with Gasteiger partial charge in [-0.15, -0.1) is 0 Å². The normalized spacial score (nSPS) is 14.8. The molecule has 0 aliphatic heterocycles. The molecule has 3 nitrogen and oxygen atoms in total. The van der Waals surface area contributed by atoms with E-state index < -0.39 is 93.8 Å². The van der Waals surface area contributed by atoms with E-state index in [2.05, 4.69) is 0 Å². The lowest BCUT2D eigenvalue weighted by molar-refractivity contribution is -0.145. The number of hydrogen-bond donors (Lipinski definition) is 1. The van der Waals surface area contributed by atoms with Crippen molar-refractivity contribution >= 4 is 27.3 Å². The van der Waals surface area contributed by atoms with E-state index in [1.807, 2.05) is 0 Å². The van der Waals surface area contributed by atoms with Crippen molar-refractivity contribution < 1.29 is 61.1 Å². The molecule has 0 radical (unpaired) electrons. The highest BCUT2D eigenvalue weighted by Crippen LogP contribution is 2.40. The van der Waals surface area contributed by atoms with E-state index >= 15 is 0 Å². The molecule has 0 amide bonds. The first kappa shape index (κ1) is 30.5. The topological polar surface area (TPSA) is 60.2 Å². The molecule has 3 aromatic carbocycles. The summed E-state index contributed by atoms with van der Waals surface area (Å²) in [5.74, 6) is 0. The molecule has 0 aliphatic carbocycles. The third-order valence-electron chi connectivity index (χ3n) is 4.88. The molecule has 0 spiro atoms. The van der Waals surface area contributed by atoms with Gasteiger partial charge in [0, 0.05) is 25.3 Å². The van der Waals surface area contributed by atoms with Gasteiger partial charge in [-0.25, -0.2) is 8.42 Å². The second-order valence-corrected chi connectivity index (χ2v) is 10.7. The van der Waals surface area contributed by atoms with Crippen LogP contribution in [0.15, 0.2) is 74.2 Å². The Balaban J connectivity index is 2.15. The van der Waals surface area contributed by atoms with Crippen molar-refractivity contribution in [1.82, 2.24) is 0 Å². The maximum atomic E-state index is 13.2. The molecule has 3 rings (SSSR count). The van der Waals surface area contributed by atoms with Crippen LogP contribution >= 0.6 is 0 Å². The number of anilines is 1. The standard InChI is InChI=1S/C22H11F12NO2S2/c23-19(24,25)10-1-11(20(26,27)28)4-15(3-10)38(36)17-7-14(35)8-18(9-17)39(37)16-5-12(21(29,30)31)2-13(6-16)22(32,33)34/h1-9H,35H2. The predicted molar refractivity (Wildman–Crippen MR) is 113 cm³/mol. The Hall–Kier alpha value is -3.08. The molecule has 0 bridgehead atoms. The molecule has 212 valence electrons. The van der Waals surface area contributed by atoms with Crippen molar-refractivity contribution in [1.29, 1.82) is 0 Å². The van der Waals surface area contributed by atoms with Crippen LogP contribution in [0.2, 0.25) is 0 Å². The predicted octanol–water partition coefficient (Wildman–Crippen LogP) is 7.68. The number of rotatable bonds is 4. The van der Waals surface area contributed by atoms with Crippen LogP contribution in [0.1, 0.15) is 22.3 Å². The average molecular weight is 613 g/mol. The number of nitrogens with two attached hydrogens (primary N) is 1. The number of alkyl halides is 12. The summed E-state index contributed by atoms with van der Waals surface area (Å²) in [7, 11) is -5.68. The Kier molecular flexibility index (Phi) is 7.93. The molecule has 2 atom stereocenters. The average Bonchev–Trinajstić information content (AvgIpc) is 2.79. The van der Waals surface area contributed by atoms with Crippen molar-refractivity contribution in [3.05, 3.63) is 76.9 Å². The van der Waals surface area contributed by atoms with Crippen molar-refractivity contribution in [3.8, 4) is 0 Å². The van der Waals surface area contributed by atoms with Crippen molar-refractivity contribution in [2.75, 3.05) is 5.73 Å². The van der Waals surface area contributed by atoms with Gasteiger partial charge in [0.1, 0.15) is 0 Å². The Morgan fingerprint density at radius 2 is 0.641 bits per heavy atom. The summed E-state index contributed by atoms with van der Waals surface area (Å²) in [6.45, 7) is 0. The van der Waals surface area contributed by atoms with E-state index in [1.165, 1.54) is 0 Å². The molecule has 0 fully saturated rings. The Morgan fingerprint density at radius 3 is 0.872 bits per heavy atom. The fourth-order valence-corrected chi connectivity index (χ4v) is 5.66. The number of benzene rings is 3. The van der Waals surface area contributed by atoms with Crippen molar-refractivity contribution in [2.24, 2.45) is 0 Å². The van der Waals surface area contributed by atoms with Gasteiger partial charge in [-0.05, 0) is 54.6 Å². The summed E-state index contributed by atoms with van der Waals surface area (Å²) in [5.41, 5.74) is -2.01. The molecule has 2 unspecified atom stereocenters. The maximum Gasteiger partial charge on any atom is 0.416 e. The van der Waals surface area contributed by atoms with Gasteiger partial charge in [-0.3, -0.25) is 0 Å². The molecule has 0 heterocycles. The van der Waals surface area contributed by atoms with Gasteiger partial charge in [0.05, 0.1) is 43.9 Å². The van der Waals surface area contributed by atoms with Crippen LogP contribution in [0.3, 0.4) is 0 Å². The molecule has 0 saturated heterocycles. The van der Waals surface area contributed by atoms with Crippen LogP contribution in [-0.2, 0) is 46.3 Å². The first-order chi connectivity index (χ1) is 17.6. The molecular weight excluding hydrogens is 602 g/mol. The van der Waals surface area contributed by atoms with Crippen LogP contribution in [-0.4, -0.2) is 8.42 Å². The van der Waals surface area contributed by atoms with Gasteiger partial charge < -0.3 is 5.73 Å². The molecule has 0 saturated carbocycles. The van der Waals surface area contributed by atoms with Gasteiger partial charge in [0.25, 0.3) is 0 Å². The quantitative estimate of drug-likeness (QED) is 0.243. The van der Waals surface area contributed by atoms with E-state index in [4.69, 9.17) is 5.73 Å². The fourth-order valence-electron chi connectivity index (χ4n) is 3.15. The lowest BCUT2D eigenvalue weighted by Gasteiger charge is -2.15. The van der Waals surface area contributed by atoms with E-state index in [0.29, 0.717) is 6.07 Å². The molecule has 2 N–H and O–H groups in total. The maximum absolute atomic E-state index is 13.2. The monoisotopic (exact) mass is 613 g/mol. The first-order valence-electron chi connectivity index (χ1n) is 9.90. The van der Waals surface area contributed by atoms with E-state index in [-0.39, 0.29) is 36.4 Å². The molecule has 17 heteroatoms. The molecule has 0 aromatic heterocycles. The van der Waals surface area contributed by atoms with E-state index in [1.54, 1.807) is 0 Å². The summed E-state index contributed by atoms with van der Waals surface area (Å²) >= 11 is 0. The highest BCUT2D eigenvalue weighted by molar-refractivity contribution is 7.86. The molecule has 0 aliphatic rings. The minimum atomic E-state index is -5.28. The molecule has 3 aromatic rings. The largest absolute Gasteiger partial charge is 0.416 e. The van der Waals surface area contributed by atoms with E-state index in [0.717, 1.165) is 12.1 Å². The summed E-state index contributed by atoms with van der Waals surface area (Å²) in [5, 5.41) is 0. The lowest BCUT2D eigenvalue weighted by atomic mass is 10.1. The Labute approximate surface area is 215 Å². The van der Waals surface area contributed by atoms with Crippen molar-refractivity contribution in [3.63, 3.8) is 0 Å². The summed E-state index contributed by atoms with van der Waals surface area (Å²) < 4.78 is 184. The lowest BCUT2D eigenvalue weighted by Crippen LogP contribution is -2.13. The van der Waals surface area contributed by atoms with Crippen LogP contribution in [0.5, 0.6) is 0 Å². The molecular formula is C22H11F12NO2S2. The second-order valence-electron chi connectivity index (χ2n) is 7.76. The van der Waals surface area contributed by atoms with E-state index in [9.17, 15) is 61.1 Å². The molecule has 39 heavy (non-hydrogen) atoms. The second kappa shape index (κ2) is 10.1. The van der Waals surface area contributed by atoms with Gasteiger partial charge in [0.15, 0.2) is 0 Å². The zero-order chi connectivity index (χ0) is 29.7. The number of halogens is 12. The Morgan fingerprint density at radius 1 is 0.410 bits per heavy atom. The Bertz CT molecular complexity index is 1290. The van der Waals surface area contributed by atoms with Gasteiger partial charge >= 0.3 is 24.7 Å². The minimum Gasteiger partial charge on any atom is -0.399 e. The highest BCUT2D eigenvalue weighted by atomic mass is 32.2. The van der Waals surface area contributed by atoms with Crippen LogP contribution < -0.4 is 5.73 Å². The van der Waals surface area contributed by atoms with Gasteiger partial charge in [0.2, 0.25) is 0 Å². The summed E-state index contributed by atoms with van der Waals surface area (Å²) in [6, 6.07) is 2.51. The highest BCUT2D eigenvalue weighted by Gasteiger charge is 2.39. The third-order valence-corrected chi connectivity index (χ3v) is 7.54. The fraction of sp³-hybridized carbons (Fsp3) is 0.182. The summed E-state index contributed by atoms with van der Waals surface area (Å²) in [6.07, 6.45) is -21.1. The van der Waals surface area contributed by atoms with Gasteiger partial charge in [-0.1, -0.05) is 0 Å². The first-order valence-corrected chi connectivity index (χ1v) is 12.2.